The van der Waals surface area contributed by atoms with Crippen molar-refractivity contribution < 1.29 is 19.1 Å². The van der Waals surface area contributed by atoms with Crippen LogP contribution in [-0.2, 0) is 16.1 Å². The summed E-state index contributed by atoms with van der Waals surface area (Å²) in [5.74, 6) is -2.39. The summed E-state index contributed by atoms with van der Waals surface area (Å²) in [6, 6.07) is 6.94. The molecule has 2 aromatic rings. The van der Waals surface area contributed by atoms with Gasteiger partial charge in [0.25, 0.3) is 0 Å². The van der Waals surface area contributed by atoms with Crippen molar-refractivity contribution in [1.82, 2.24) is 14.7 Å². The van der Waals surface area contributed by atoms with E-state index in [0.29, 0.717) is 25.1 Å². The van der Waals surface area contributed by atoms with Crippen LogP contribution in [0.25, 0.3) is 0 Å². The van der Waals surface area contributed by atoms with Gasteiger partial charge in [0, 0.05) is 31.9 Å². The summed E-state index contributed by atoms with van der Waals surface area (Å²) < 4.78 is 14.9. The fraction of sp³-hybridized carbons (Fsp3) is 0.353. The molecule has 24 heavy (non-hydrogen) atoms. The third-order valence-corrected chi connectivity index (χ3v) is 4.31. The van der Waals surface area contributed by atoms with Crippen molar-refractivity contribution in [2.75, 3.05) is 6.54 Å². The second-order valence-electron chi connectivity index (χ2n) is 5.86. The highest BCUT2D eigenvalue weighted by atomic mass is 19.1. The van der Waals surface area contributed by atoms with Gasteiger partial charge in [0.1, 0.15) is 5.82 Å². The number of hydrogen-bond acceptors (Lipinski definition) is 3. The molecule has 6 nitrogen and oxygen atoms in total. The Kier molecular flexibility index (Phi) is 4.59. The molecule has 0 unspecified atom stereocenters. The van der Waals surface area contributed by atoms with Crippen LogP contribution in [0.4, 0.5) is 4.39 Å². The fourth-order valence-corrected chi connectivity index (χ4v) is 3.18. The number of rotatable bonds is 6. The van der Waals surface area contributed by atoms with Gasteiger partial charge in [-0.3, -0.25) is 14.3 Å². The maximum atomic E-state index is 13.2. The van der Waals surface area contributed by atoms with Crippen LogP contribution in [0.1, 0.15) is 24.4 Å². The van der Waals surface area contributed by atoms with Crippen LogP contribution in [0.15, 0.2) is 42.7 Å². The first kappa shape index (κ1) is 16.2. The highest BCUT2D eigenvalue weighted by Gasteiger charge is 2.44. The van der Waals surface area contributed by atoms with E-state index >= 15 is 0 Å². The first-order valence-corrected chi connectivity index (χ1v) is 7.81. The summed E-state index contributed by atoms with van der Waals surface area (Å²) in [4.78, 5) is 25.4. The molecule has 0 spiro atoms. The van der Waals surface area contributed by atoms with Crippen molar-refractivity contribution >= 4 is 11.9 Å². The van der Waals surface area contributed by atoms with Gasteiger partial charge >= 0.3 is 5.97 Å². The zero-order valence-electron chi connectivity index (χ0n) is 13.0. The van der Waals surface area contributed by atoms with Crippen LogP contribution < -0.4 is 0 Å². The van der Waals surface area contributed by atoms with Crippen LogP contribution in [-0.4, -0.2) is 38.2 Å². The van der Waals surface area contributed by atoms with Crippen molar-refractivity contribution in [2.24, 2.45) is 5.92 Å². The predicted molar refractivity (Wildman–Crippen MR) is 83.4 cm³/mol. The van der Waals surface area contributed by atoms with Crippen molar-refractivity contribution in [3.63, 3.8) is 0 Å². The van der Waals surface area contributed by atoms with E-state index < -0.39 is 17.9 Å². The number of benzene rings is 1. The van der Waals surface area contributed by atoms with E-state index in [1.165, 1.54) is 12.1 Å². The average Bonchev–Trinajstić information content (AvgIpc) is 3.17. The normalized spacial score (nSPS) is 20.5. The van der Waals surface area contributed by atoms with Gasteiger partial charge in [-0.1, -0.05) is 12.1 Å². The summed E-state index contributed by atoms with van der Waals surface area (Å²) in [7, 11) is 0. The fourth-order valence-electron chi connectivity index (χ4n) is 3.18. The Labute approximate surface area is 138 Å². The third kappa shape index (κ3) is 3.29. The molecule has 0 bridgehead atoms. The molecule has 1 aliphatic rings. The van der Waals surface area contributed by atoms with Gasteiger partial charge in [-0.2, -0.15) is 5.10 Å². The highest BCUT2D eigenvalue weighted by Crippen LogP contribution is 2.38. The van der Waals surface area contributed by atoms with Crippen LogP contribution >= 0.6 is 0 Å². The molecule has 7 heteroatoms. The van der Waals surface area contributed by atoms with Gasteiger partial charge in [-0.15, -0.1) is 0 Å². The first-order chi connectivity index (χ1) is 11.6. The molecule has 1 aromatic carbocycles. The second-order valence-corrected chi connectivity index (χ2v) is 5.86. The van der Waals surface area contributed by atoms with E-state index in [2.05, 4.69) is 5.10 Å². The van der Waals surface area contributed by atoms with E-state index in [0.717, 1.165) is 0 Å². The zero-order valence-corrected chi connectivity index (χ0v) is 13.0. The number of hydrogen-bond donors (Lipinski definition) is 1. The van der Waals surface area contributed by atoms with Gasteiger partial charge < -0.3 is 10.0 Å². The number of likely N-dealkylation sites (tertiary alicyclic amines) is 1. The SMILES string of the molecule is O=C(O)[C@@H]1CC(=O)N(CCCn2cccn2)[C@@H]1c1ccc(F)cc1. The Bertz CT molecular complexity index is 715. The second kappa shape index (κ2) is 6.82. The molecule has 2 atom stereocenters. The van der Waals surface area contributed by atoms with Crippen molar-refractivity contribution in [1.29, 1.82) is 0 Å². The molecular formula is C17H18FN3O3. The molecule has 3 rings (SSSR count). The Balaban J connectivity index is 1.77. The number of amides is 1. The molecule has 0 saturated carbocycles. The van der Waals surface area contributed by atoms with E-state index in [4.69, 9.17) is 0 Å². The maximum absolute atomic E-state index is 13.2. The molecule has 1 aliphatic heterocycles. The third-order valence-electron chi connectivity index (χ3n) is 4.31. The van der Waals surface area contributed by atoms with Crippen LogP contribution in [0.2, 0.25) is 0 Å². The van der Waals surface area contributed by atoms with E-state index in [1.54, 1.807) is 27.9 Å². The summed E-state index contributed by atoms with van der Waals surface area (Å²) >= 11 is 0. The van der Waals surface area contributed by atoms with Crippen molar-refractivity contribution in [2.45, 2.75) is 25.4 Å². The highest BCUT2D eigenvalue weighted by molar-refractivity contribution is 5.87. The lowest BCUT2D eigenvalue weighted by Gasteiger charge is -2.27. The number of halogens is 1. The predicted octanol–water partition coefficient (Wildman–Crippen LogP) is 2.09. The summed E-state index contributed by atoms with van der Waals surface area (Å²) in [5.41, 5.74) is 0.647. The lowest BCUT2D eigenvalue weighted by atomic mass is 9.93. The van der Waals surface area contributed by atoms with Crippen LogP contribution in [0.5, 0.6) is 0 Å². The summed E-state index contributed by atoms with van der Waals surface area (Å²) in [5, 5.41) is 13.6. The van der Waals surface area contributed by atoms with E-state index in [9.17, 15) is 19.1 Å². The monoisotopic (exact) mass is 331 g/mol. The minimum Gasteiger partial charge on any atom is -0.481 e. The van der Waals surface area contributed by atoms with Gasteiger partial charge in [-0.25, -0.2) is 4.39 Å². The number of carboxylic acid groups (broad SMARTS) is 1. The van der Waals surface area contributed by atoms with Gasteiger partial charge in [0.2, 0.25) is 5.91 Å². The Hall–Kier alpha value is -2.70. The minimum atomic E-state index is -1.01. The number of aromatic nitrogens is 2. The standard InChI is InChI=1S/C17H18FN3O3/c18-13-5-3-12(4-6-13)16-14(17(23)24)11-15(22)21(16)10-2-9-20-8-1-7-19-20/h1,3-8,14,16H,2,9-11H2,(H,23,24)/t14-,16-/m1/s1. The van der Waals surface area contributed by atoms with Gasteiger partial charge in [0.15, 0.2) is 0 Å². The molecule has 0 radical (unpaired) electrons. The smallest absolute Gasteiger partial charge is 0.309 e. The quantitative estimate of drug-likeness (QED) is 0.879. The number of carboxylic acids is 1. The molecule has 1 fully saturated rings. The number of nitrogens with zero attached hydrogens (tertiary/aromatic N) is 3. The lowest BCUT2D eigenvalue weighted by molar-refractivity contribution is -0.142. The van der Waals surface area contributed by atoms with Crippen molar-refractivity contribution in [3.05, 3.63) is 54.1 Å². The Morgan fingerprint density at radius 2 is 2.04 bits per heavy atom. The van der Waals surface area contributed by atoms with E-state index in [1.807, 2.05) is 12.3 Å². The van der Waals surface area contributed by atoms with Crippen LogP contribution in [0, 0.1) is 11.7 Å². The minimum absolute atomic E-state index is 0.0286. The number of carbonyl (C=O) groups excluding carboxylic acids is 1. The molecule has 1 aromatic heterocycles. The molecule has 1 amide bonds. The molecule has 2 heterocycles. The van der Waals surface area contributed by atoms with Gasteiger partial charge in [0.05, 0.1) is 12.0 Å². The van der Waals surface area contributed by atoms with Crippen molar-refractivity contribution in [3.8, 4) is 0 Å². The topological polar surface area (TPSA) is 75.4 Å². The molecule has 1 N–H and O–H groups in total. The summed E-state index contributed by atoms with van der Waals surface area (Å²) in [6.45, 7) is 1.08. The maximum Gasteiger partial charge on any atom is 0.309 e. The summed E-state index contributed by atoms with van der Waals surface area (Å²) in [6.07, 6.45) is 4.16. The lowest BCUT2D eigenvalue weighted by Crippen LogP contribution is -2.32. The zero-order chi connectivity index (χ0) is 17.1. The molecular weight excluding hydrogens is 313 g/mol. The average molecular weight is 331 g/mol. The number of aryl methyl sites for hydroxylation is 1. The number of aliphatic carboxylic acids is 1. The van der Waals surface area contributed by atoms with Gasteiger partial charge in [-0.05, 0) is 30.2 Å². The van der Waals surface area contributed by atoms with Crippen LogP contribution in [0.3, 0.4) is 0 Å². The molecule has 1 saturated heterocycles. The first-order valence-electron chi connectivity index (χ1n) is 7.81. The molecule has 0 aliphatic carbocycles. The largest absolute Gasteiger partial charge is 0.481 e. The molecule has 126 valence electrons. The van der Waals surface area contributed by atoms with E-state index in [-0.39, 0.29) is 18.1 Å². The number of carbonyl (C=O) groups is 2. The Morgan fingerprint density at radius 3 is 2.67 bits per heavy atom. The Morgan fingerprint density at radius 1 is 1.29 bits per heavy atom.